The molecule has 2 rings (SSSR count). The first-order valence-corrected chi connectivity index (χ1v) is 7.91. The van der Waals surface area contributed by atoms with Crippen LogP contribution < -0.4 is 25.7 Å². The summed E-state index contributed by atoms with van der Waals surface area (Å²) < 4.78 is 15.8. The van der Waals surface area contributed by atoms with Gasteiger partial charge in [-0.15, -0.1) is 24.8 Å². The molecule has 0 radical (unpaired) electrons. The number of nitrogens with two attached hydrogens (primary N) is 2. The van der Waals surface area contributed by atoms with Gasteiger partial charge in [0.25, 0.3) is 0 Å². The second kappa shape index (κ2) is 11.5. The minimum atomic E-state index is -0.296. The highest BCUT2D eigenvalue weighted by Gasteiger charge is 2.18. The Hall–Kier alpha value is -2.15. The van der Waals surface area contributed by atoms with E-state index in [1.54, 1.807) is 12.1 Å². The summed E-state index contributed by atoms with van der Waals surface area (Å²) >= 11 is 0. The summed E-state index contributed by atoms with van der Waals surface area (Å²) in [5.74, 6) is 1.25. The zero-order valence-electron chi connectivity index (χ0n) is 15.6. The Morgan fingerprint density at radius 1 is 0.963 bits per heavy atom. The van der Waals surface area contributed by atoms with Crippen molar-refractivity contribution in [1.29, 1.82) is 0 Å². The van der Waals surface area contributed by atoms with Gasteiger partial charge in [-0.1, -0.05) is 12.1 Å². The van der Waals surface area contributed by atoms with Crippen molar-refractivity contribution in [1.82, 2.24) is 0 Å². The standard InChI is InChI=1S/C19H24N2O4.2ClH/c1-23-17-9-13(10-18(24-2)19(17)25-3)16(22)11-15(21)8-12-4-6-14(20)7-5-12;;/h4-7,9-10,15H,8,11,20-21H2,1-3H3;2*1H. The smallest absolute Gasteiger partial charge is 0.203 e. The first-order chi connectivity index (χ1) is 12.0. The van der Waals surface area contributed by atoms with Gasteiger partial charge < -0.3 is 25.7 Å². The van der Waals surface area contributed by atoms with Gasteiger partial charge >= 0.3 is 0 Å². The molecule has 2 aromatic rings. The number of Topliss-reactive ketones (excluding diaryl/α,β-unsaturated/α-hetero) is 1. The summed E-state index contributed by atoms with van der Waals surface area (Å²) in [6.45, 7) is 0. The van der Waals surface area contributed by atoms with E-state index in [2.05, 4.69) is 0 Å². The van der Waals surface area contributed by atoms with Crippen molar-refractivity contribution in [2.24, 2.45) is 5.73 Å². The molecule has 150 valence electrons. The van der Waals surface area contributed by atoms with Gasteiger partial charge in [0.15, 0.2) is 17.3 Å². The lowest BCUT2D eigenvalue weighted by Gasteiger charge is -2.15. The molecule has 0 saturated heterocycles. The van der Waals surface area contributed by atoms with Crippen LogP contribution in [0, 0.1) is 0 Å². The van der Waals surface area contributed by atoms with Gasteiger partial charge in [0.05, 0.1) is 21.3 Å². The van der Waals surface area contributed by atoms with Crippen LogP contribution in [0.25, 0.3) is 0 Å². The molecule has 8 heteroatoms. The number of carbonyl (C=O) groups excluding carboxylic acids is 1. The zero-order chi connectivity index (χ0) is 18.4. The van der Waals surface area contributed by atoms with Gasteiger partial charge in [0, 0.05) is 23.7 Å². The second-order valence-corrected chi connectivity index (χ2v) is 5.75. The average molecular weight is 417 g/mol. The van der Waals surface area contributed by atoms with Crippen LogP contribution >= 0.6 is 24.8 Å². The van der Waals surface area contributed by atoms with Crippen molar-refractivity contribution in [2.75, 3.05) is 27.1 Å². The van der Waals surface area contributed by atoms with Crippen LogP contribution in [0.5, 0.6) is 17.2 Å². The summed E-state index contributed by atoms with van der Waals surface area (Å²) in [5.41, 5.74) is 14.0. The molecule has 6 nitrogen and oxygen atoms in total. The van der Waals surface area contributed by atoms with Crippen LogP contribution in [-0.2, 0) is 6.42 Å². The molecule has 2 aromatic carbocycles. The van der Waals surface area contributed by atoms with Crippen LogP contribution in [-0.4, -0.2) is 33.2 Å². The molecule has 0 aliphatic heterocycles. The first kappa shape index (κ1) is 24.8. The highest BCUT2D eigenvalue weighted by molar-refractivity contribution is 5.97. The van der Waals surface area contributed by atoms with Gasteiger partial charge in [-0.3, -0.25) is 4.79 Å². The maximum absolute atomic E-state index is 12.6. The van der Waals surface area contributed by atoms with Gasteiger partial charge in [-0.25, -0.2) is 0 Å². The molecular weight excluding hydrogens is 391 g/mol. The van der Waals surface area contributed by atoms with Crippen molar-refractivity contribution in [2.45, 2.75) is 18.9 Å². The van der Waals surface area contributed by atoms with Crippen molar-refractivity contribution in [3.8, 4) is 17.2 Å². The molecule has 0 aliphatic carbocycles. The third-order valence-corrected chi connectivity index (χ3v) is 3.91. The SMILES string of the molecule is COc1cc(C(=O)CC(N)Cc2ccc(N)cc2)cc(OC)c1OC.Cl.Cl. The summed E-state index contributed by atoms with van der Waals surface area (Å²) in [5, 5.41) is 0. The predicted molar refractivity (Wildman–Crippen MR) is 112 cm³/mol. The number of methoxy groups -OCH3 is 3. The molecule has 0 spiro atoms. The summed E-state index contributed by atoms with van der Waals surface area (Å²) in [6.07, 6.45) is 0.805. The lowest BCUT2D eigenvalue weighted by Crippen LogP contribution is -2.26. The van der Waals surface area contributed by atoms with Crippen LogP contribution in [0.15, 0.2) is 36.4 Å². The van der Waals surface area contributed by atoms with Crippen LogP contribution in [0.1, 0.15) is 22.3 Å². The fraction of sp³-hybridized carbons (Fsp3) is 0.316. The van der Waals surface area contributed by atoms with E-state index in [0.29, 0.717) is 34.9 Å². The van der Waals surface area contributed by atoms with E-state index >= 15 is 0 Å². The number of carbonyl (C=O) groups is 1. The minimum absolute atomic E-state index is 0. The Bertz CT molecular complexity index is 714. The molecule has 0 aromatic heterocycles. The Labute approximate surface area is 172 Å². The fourth-order valence-electron chi connectivity index (χ4n) is 2.63. The Morgan fingerprint density at radius 2 is 1.48 bits per heavy atom. The highest BCUT2D eigenvalue weighted by atomic mass is 35.5. The number of hydrogen-bond acceptors (Lipinski definition) is 6. The van der Waals surface area contributed by atoms with Gasteiger partial charge in [-0.05, 0) is 36.2 Å². The van der Waals surface area contributed by atoms with Crippen molar-refractivity contribution >= 4 is 36.3 Å². The Kier molecular flexibility index (Phi) is 10.6. The number of nitrogen functional groups attached to an aromatic ring is 1. The molecular formula is C19H26Cl2N2O4. The summed E-state index contributed by atoms with van der Waals surface area (Å²) in [4.78, 5) is 12.6. The maximum Gasteiger partial charge on any atom is 0.203 e. The number of ether oxygens (including phenoxy) is 3. The van der Waals surface area contributed by atoms with Crippen molar-refractivity contribution in [3.63, 3.8) is 0 Å². The molecule has 27 heavy (non-hydrogen) atoms. The van der Waals surface area contributed by atoms with E-state index in [-0.39, 0.29) is 43.1 Å². The lowest BCUT2D eigenvalue weighted by atomic mass is 9.98. The number of rotatable bonds is 8. The van der Waals surface area contributed by atoms with Crippen molar-refractivity contribution in [3.05, 3.63) is 47.5 Å². The van der Waals surface area contributed by atoms with E-state index in [1.807, 2.05) is 24.3 Å². The molecule has 1 atom stereocenters. The highest BCUT2D eigenvalue weighted by Crippen LogP contribution is 2.38. The number of hydrogen-bond donors (Lipinski definition) is 2. The van der Waals surface area contributed by atoms with Crippen LogP contribution in [0.4, 0.5) is 5.69 Å². The van der Waals surface area contributed by atoms with E-state index < -0.39 is 0 Å². The minimum Gasteiger partial charge on any atom is -0.493 e. The molecule has 0 heterocycles. The third-order valence-electron chi connectivity index (χ3n) is 3.91. The fourth-order valence-corrected chi connectivity index (χ4v) is 2.63. The average Bonchev–Trinajstić information content (AvgIpc) is 2.62. The Balaban J connectivity index is 0.00000338. The molecule has 0 saturated carbocycles. The van der Waals surface area contributed by atoms with Crippen LogP contribution in [0.2, 0.25) is 0 Å². The largest absolute Gasteiger partial charge is 0.493 e. The second-order valence-electron chi connectivity index (χ2n) is 5.75. The summed E-state index contributed by atoms with van der Waals surface area (Å²) in [7, 11) is 4.54. The van der Waals surface area contributed by atoms with E-state index in [0.717, 1.165) is 5.56 Å². The maximum atomic E-state index is 12.6. The Morgan fingerprint density at radius 3 is 1.93 bits per heavy atom. The molecule has 1 unspecified atom stereocenters. The molecule has 0 bridgehead atoms. The van der Waals surface area contributed by atoms with Gasteiger partial charge in [-0.2, -0.15) is 0 Å². The monoisotopic (exact) mass is 416 g/mol. The molecule has 0 fully saturated rings. The number of ketones is 1. The van der Waals surface area contributed by atoms with Gasteiger partial charge in [0.2, 0.25) is 5.75 Å². The normalized spacial score (nSPS) is 10.8. The number of benzene rings is 2. The van der Waals surface area contributed by atoms with E-state index in [1.165, 1.54) is 21.3 Å². The van der Waals surface area contributed by atoms with Crippen LogP contribution in [0.3, 0.4) is 0 Å². The lowest BCUT2D eigenvalue weighted by molar-refractivity contribution is 0.0973. The molecule has 0 aliphatic rings. The zero-order valence-corrected chi connectivity index (χ0v) is 17.2. The first-order valence-electron chi connectivity index (χ1n) is 7.91. The third kappa shape index (κ3) is 6.50. The van der Waals surface area contributed by atoms with E-state index in [4.69, 9.17) is 25.7 Å². The predicted octanol–water partition coefficient (Wildman–Crippen LogP) is 3.28. The van der Waals surface area contributed by atoms with E-state index in [9.17, 15) is 4.79 Å². The molecule has 0 amide bonds. The summed E-state index contributed by atoms with van der Waals surface area (Å²) in [6, 6.07) is 10.5. The number of anilines is 1. The topological polar surface area (TPSA) is 96.8 Å². The quantitative estimate of drug-likeness (QED) is 0.506. The number of halogens is 2. The molecule has 4 N–H and O–H groups in total. The van der Waals surface area contributed by atoms with Crippen molar-refractivity contribution < 1.29 is 19.0 Å². The van der Waals surface area contributed by atoms with Gasteiger partial charge in [0.1, 0.15) is 0 Å².